The molecule has 12 atom stereocenters. The number of phosphoric ester groups is 2. The third-order valence-corrected chi connectivity index (χ3v) is 13.4. The van der Waals surface area contributed by atoms with Gasteiger partial charge in [0.25, 0.3) is 0 Å². The second-order valence-electron chi connectivity index (χ2n) is 17.6. The Morgan fingerprint density at radius 3 is 2.03 bits per heavy atom. The van der Waals surface area contributed by atoms with Gasteiger partial charge in [0.2, 0.25) is 0 Å². The molecule has 0 spiro atoms. The molecule has 1 aliphatic carbocycles. The number of fused-ring (bicyclic) bond motifs is 4. The maximum atomic E-state index is 13.7. The molecule has 0 aromatic rings. The molecule has 9 N–H and O–H groups in total. The second-order valence-corrected chi connectivity index (χ2v) is 20.2. The van der Waals surface area contributed by atoms with Crippen LogP contribution in [-0.2, 0) is 46.6 Å². The molecule has 66 heavy (non-hydrogen) atoms. The van der Waals surface area contributed by atoms with E-state index in [1.165, 1.54) is 57.1 Å². The molecule has 1 fully saturated rings. The van der Waals surface area contributed by atoms with Gasteiger partial charge in [-0.1, -0.05) is 134 Å². The van der Waals surface area contributed by atoms with E-state index >= 15 is 0 Å². The van der Waals surface area contributed by atoms with E-state index in [1.807, 2.05) is 6.92 Å². The van der Waals surface area contributed by atoms with E-state index in [1.54, 1.807) is 6.08 Å². The van der Waals surface area contributed by atoms with Crippen molar-refractivity contribution in [3.8, 4) is 0 Å². The van der Waals surface area contributed by atoms with Crippen LogP contribution in [0.25, 0.3) is 0 Å². The lowest BCUT2D eigenvalue weighted by Crippen LogP contribution is -2.56. The second kappa shape index (κ2) is 32.8. The number of unbranched alkanes of at least 4 members (excludes halogenated alkanes) is 14. The van der Waals surface area contributed by atoms with Crippen LogP contribution >= 0.6 is 15.6 Å². The fourth-order valence-corrected chi connectivity index (χ4v) is 9.55. The van der Waals surface area contributed by atoms with Crippen LogP contribution in [0, 0.1) is 11.8 Å². The van der Waals surface area contributed by atoms with Crippen LogP contribution in [0.5, 0.6) is 0 Å². The van der Waals surface area contributed by atoms with Crippen molar-refractivity contribution < 1.29 is 91.9 Å². The zero-order chi connectivity index (χ0) is 49.1. The van der Waals surface area contributed by atoms with Gasteiger partial charge in [-0.2, -0.15) is 0 Å². The monoisotopic (exact) mass is 986 g/mol. The number of phosphoric acid groups is 2. The number of ketones is 1. The highest BCUT2D eigenvalue weighted by molar-refractivity contribution is 7.47. The number of rotatable bonds is 23. The van der Waals surface area contributed by atoms with E-state index in [-0.39, 0.29) is 38.5 Å². The van der Waals surface area contributed by atoms with E-state index in [0.717, 1.165) is 51.0 Å². The molecule has 2 aliphatic rings. The average Bonchev–Trinajstić information content (AvgIpc) is 3.25. The molecule has 2 rings (SSSR count). The van der Waals surface area contributed by atoms with Crippen molar-refractivity contribution in [2.24, 2.45) is 11.8 Å². The molecule has 0 aromatic heterocycles. The Hall–Kier alpha value is -1.93. The first-order valence-electron chi connectivity index (χ1n) is 24.0. The van der Waals surface area contributed by atoms with Crippen molar-refractivity contribution in [1.82, 2.24) is 0 Å². The third-order valence-electron chi connectivity index (χ3n) is 11.9. The number of carbonyl (C=O) groups excluding carboxylic acids is 3. The summed E-state index contributed by atoms with van der Waals surface area (Å²) >= 11 is 0. The average molecular weight is 987 g/mol. The topological polar surface area (TPSA) is 314 Å². The number of ether oxygens (including phenoxy) is 2. The van der Waals surface area contributed by atoms with Crippen LogP contribution in [0.2, 0.25) is 0 Å². The molecule has 0 amide bonds. The number of Topliss-reactive ketones (excluding diaryl/α,β-unsaturated/α-hetero) is 1. The van der Waals surface area contributed by atoms with Gasteiger partial charge in [0, 0.05) is 31.1 Å². The highest BCUT2D eigenvalue weighted by atomic mass is 31.2. The number of hydrogen-bond acceptors (Lipinski definition) is 16. The smallest absolute Gasteiger partial charge is 0.462 e. The van der Waals surface area contributed by atoms with Gasteiger partial charge in [-0.05, 0) is 32.1 Å². The van der Waals surface area contributed by atoms with Crippen LogP contribution in [0.1, 0.15) is 162 Å². The number of carbonyl (C=O) groups is 3. The zero-order valence-electron chi connectivity index (χ0n) is 38.8. The molecule has 2 bridgehead atoms. The molecule has 1 saturated carbocycles. The predicted molar refractivity (Wildman–Crippen MR) is 242 cm³/mol. The van der Waals surface area contributed by atoms with Gasteiger partial charge in [-0.15, -0.1) is 0 Å². The Bertz CT molecular complexity index is 1540. The summed E-state index contributed by atoms with van der Waals surface area (Å²) in [4.78, 5) is 70.4. The minimum Gasteiger partial charge on any atom is -0.462 e. The predicted octanol–water partition coefficient (Wildman–Crippen LogP) is 5.54. The Labute approximate surface area is 390 Å². The van der Waals surface area contributed by atoms with E-state index in [2.05, 4.69) is 6.92 Å². The van der Waals surface area contributed by atoms with E-state index in [9.17, 15) is 68.8 Å². The Morgan fingerprint density at radius 2 is 1.42 bits per heavy atom. The highest BCUT2D eigenvalue weighted by Crippen LogP contribution is 2.49. The summed E-state index contributed by atoms with van der Waals surface area (Å²) in [6.07, 6.45) is 1.30. The van der Waals surface area contributed by atoms with Gasteiger partial charge in [-0.3, -0.25) is 28.0 Å². The molecule has 1 heterocycles. The van der Waals surface area contributed by atoms with E-state index in [4.69, 9.17) is 23.0 Å². The van der Waals surface area contributed by atoms with Gasteiger partial charge in [-0.25, -0.2) is 9.13 Å². The fourth-order valence-electron chi connectivity index (χ4n) is 8.02. The van der Waals surface area contributed by atoms with Crippen molar-refractivity contribution in [2.75, 3.05) is 13.2 Å². The van der Waals surface area contributed by atoms with Crippen LogP contribution in [0.3, 0.4) is 0 Å². The Balaban J connectivity index is 2.41. The molecule has 1 unspecified atom stereocenters. The summed E-state index contributed by atoms with van der Waals surface area (Å²) in [6, 6.07) is 0. The third kappa shape index (κ3) is 24.6. The molecular weight excluding hydrogens is 906 g/mol. The van der Waals surface area contributed by atoms with Gasteiger partial charge in [0.05, 0.1) is 31.0 Å². The Morgan fingerprint density at radius 1 is 0.833 bits per heavy atom. The summed E-state index contributed by atoms with van der Waals surface area (Å²) in [6.45, 7) is 2.53. The quantitative estimate of drug-likeness (QED) is 0.0263. The molecule has 1 aliphatic heterocycles. The SMILES string of the molecule is CCCCCCCCCCCCCCCC(=O)O[C@@H]1COC(=O)CCC/C=C\C[C@H]2C(=O)C[C@@H](O)[C@H](/C=C/[C@@H](O)CCCCC)[C@@H](O)[C@@H](OP(=O)(O)O)[C@@H](OP(=O)(O)OC1)[C@H](O)[C@@H](O)[C@@H]2O. The molecule has 0 radical (unpaired) electrons. The van der Waals surface area contributed by atoms with E-state index < -0.39 is 120 Å². The molecule has 0 saturated heterocycles. The molecule has 0 aromatic carbocycles. The van der Waals surface area contributed by atoms with Gasteiger partial charge < -0.3 is 54.8 Å². The standard InChI is InChI=1S/C45H80O19P2/c1-3-5-7-8-9-10-11-12-13-14-15-16-22-26-39(50)62-33-30-60-38(49)25-21-18-17-20-24-34-36(47)29-37(48)35(28-27-32(46)23-19-6-4-2)41(52)44(63-65(55,56)57)45(43(54)42(53)40(34)51)64-66(58,59)61-31-33/h17,20,27-28,32-35,37,40-46,48,51-54H,3-16,18-19,21-26,29-31H2,1-2H3,(H,58,59)(H2,55,56,57)/b20-17-,28-27+/t32-,33+,34-,35-,37+,40+,41+,42-,43+,44+,45-/m0/s1. The lowest BCUT2D eigenvalue weighted by atomic mass is 9.84. The lowest BCUT2D eigenvalue weighted by molar-refractivity contribution is -0.164. The van der Waals surface area contributed by atoms with Crippen molar-refractivity contribution in [3.63, 3.8) is 0 Å². The fraction of sp³-hybridized carbons (Fsp3) is 0.844. The van der Waals surface area contributed by atoms with Crippen molar-refractivity contribution in [2.45, 2.75) is 216 Å². The van der Waals surface area contributed by atoms with Crippen LogP contribution < -0.4 is 0 Å². The van der Waals surface area contributed by atoms with Crippen molar-refractivity contribution in [1.29, 1.82) is 0 Å². The number of aliphatic hydroxyl groups excluding tert-OH is 6. The summed E-state index contributed by atoms with van der Waals surface area (Å²) in [7, 11) is -11.5. The van der Waals surface area contributed by atoms with Gasteiger partial charge in [0.1, 0.15) is 36.8 Å². The lowest BCUT2D eigenvalue weighted by Gasteiger charge is -2.38. The maximum Gasteiger partial charge on any atom is 0.472 e. The van der Waals surface area contributed by atoms with E-state index in [0.29, 0.717) is 12.8 Å². The van der Waals surface area contributed by atoms with Gasteiger partial charge in [0.15, 0.2) is 6.10 Å². The molecule has 384 valence electrons. The number of aliphatic hydroxyl groups is 6. The maximum absolute atomic E-state index is 13.7. The first kappa shape index (κ1) is 60.2. The van der Waals surface area contributed by atoms with Crippen LogP contribution in [-0.4, -0.2) is 131 Å². The number of allylic oxidation sites excluding steroid dienone is 2. The largest absolute Gasteiger partial charge is 0.472 e. The molecule has 21 heteroatoms. The summed E-state index contributed by atoms with van der Waals surface area (Å²) in [5.74, 6) is -5.67. The number of esters is 2. The first-order chi connectivity index (χ1) is 31.3. The van der Waals surface area contributed by atoms with Crippen LogP contribution in [0.4, 0.5) is 0 Å². The first-order valence-corrected chi connectivity index (χ1v) is 27.0. The highest BCUT2D eigenvalue weighted by Gasteiger charge is 2.51. The molecule has 19 nitrogen and oxygen atoms in total. The van der Waals surface area contributed by atoms with Crippen molar-refractivity contribution >= 4 is 33.4 Å². The van der Waals surface area contributed by atoms with Gasteiger partial charge >= 0.3 is 27.6 Å². The normalized spacial score (nSPS) is 31.4. The Kier molecular flexibility index (Phi) is 29.9. The minimum absolute atomic E-state index is 0.0314. The number of hydrogen-bond donors (Lipinski definition) is 9. The number of cyclic esters (lactones) is 1. The van der Waals surface area contributed by atoms with Crippen LogP contribution in [0.15, 0.2) is 24.3 Å². The minimum atomic E-state index is -5.78. The zero-order valence-corrected chi connectivity index (χ0v) is 40.6. The summed E-state index contributed by atoms with van der Waals surface area (Å²) in [5, 5.41) is 68.1. The van der Waals surface area contributed by atoms with Crippen molar-refractivity contribution in [3.05, 3.63) is 24.3 Å². The summed E-state index contributed by atoms with van der Waals surface area (Å²) < 4.78 is 52.1. The molecular formula is C45H80O19P2. The summed E-state index contributed by atoms with van der Waals surface area (Å²) in [5.41, 5.74) is 0.